The lowest BCUT2D eigenvalue weighted by atomic mass is 9.88. The number of nitrogens with zero attached hydrogens (tertiary/aromatic N) is 1. The van der Waals surface area contributed by atoms with Crippen LogP contribution in [0, 0.1) is 5.92 Å². The second kappa shape index (κ2) is 7.92. The molecule has 1 N–H and O–H groups in total. The van der Waals surface area contributed by atoms with Crippen molar-refractivity contribution >= 4 is 22.7 Å². The first-order chi connectivity index (χ1) is 13.7. The van der Waals surface area contributed by atoms with E-state index >= 15 is 0 Å². The van der Waals surface area contributed by atoms with Gasteiger partial charge in [0.25, 0.3) is 0 Å². The van der Waals surface area contributed by atoms with E-state index in [1.54, 1.807) is 14.2 Å². The molecule has 6 heteroatoms. The number of anilines is 1. The number of oxazole rings is 1. The number of hydrogen-bond acceptors (Lipinski definition) is 5. The van der Waals surface area contributed by atoms with Gasteiger partial charge in [0.1, 0.15) is 5.52 Å². The Bertz CT molecular complexity index is 989. The number of rotatable bonds is 5. The Labute approximate surface area is 163 Å². The summed E-state index contributed by atoms with van der Waals surface area (Å²) in [4.78, 5) is 17.1. The van der Waals surface area contributed by atoms with Gasteiger partial charge in [-0.2, -0.15) is 0 Å². The summed E-state index contributed by atoms with van der Waals surface area (Å²) in [5.74, 6) is 1.97. The lowest BCUT2D eigenvalue weighted by molar-refractivity contribution is -0.120. The fourth-order valence-electron chi connectivity index (χ4n) is 3.71. The molecule has 1 saturated carbocycles. The van der Waals surface area contributed by atoms with E-state index in [0.717, 1.165) is 36.9 Å². The summed E-state index contributed by atoms with van der Waals surface area (Å²) in [6, 6.07) is 11.1. The first-order valence-corrected chi connectivity index (χ1v) is 9.62. The molecule has 0 saturated heterocycles. The molecule has 1 aromatic heterocycles. The highest BCUT2D eigenvalue weighted by molar-refractivity contribution is 5.94. The SMILES string of the molecule is COc1ccc(-c2nc3cc(NC(=O)C4CCCCC4)ccc3o2)cc1OC. The summed E-state index contributed by atoms with van der Waals surface area (Å²) in [6.45, 7) is 0. The van der Waals surface area contributed by atoms with Crippen molar-refractivity contribution in [3.8, 4) is 23.0 Å². The van der Waals surface area contributed by atoms with Crippen LogP contribution < -0.4 is 14.8 Å². The Morgan fingerprint density at radius 2 is 1.82 bits per heavy atom. The van der Waals surface area contributed by atoms with Crippen LogP contribution in [0.2, 0.25) is 0 Å². The quantitative estimate of drug-likeness (QED) is 0.672. The standard InChI is InChI=1S/C22H24N2O4/c1-26-19-10-8-15(12-20(19)27-2)22-24-17-13-16(9-11-18(17)28-22)23-21(25)14-6-4-3-5-7-14/h8-14H,3-7H2,1-2H3,(H,23,25). The molecule has 6 nitrogen and oxygen atoms in total. The van der Waals surface area contributed by atoms with Gasteiger partial charge in [-0.1, -0.05) is 19.3 Å². The van der Waals surface area contributed by atoms with Crippen LogP contribution in [0.1, 0.15) is 32.1 Å². The van der Waals surface area contributed by atoms with Crippen molar-refractivity contribution in [3.05, 3.63) is 36.4 Å². The van der Waals surface area contributed by atoms with Gasteiger partial charge in [-0.05, 0) is 49.2 Å². The average Bonchev–Trinajstić information content (AvgIpc) is 3.17. The molecule has 4 rings (SSSR count). The molecule has 1 heterocycles. The maximum Gasteiger partial charge on any atom is 0.227 e. The summed E-state index contributed by atoms with van der Waals surface area (Å²) in [5, 5.41) is 3.03. The molecule has 1 amide bonds. The van der Waals surface area contributed by atoms with E-state index < -0.39 is 0 Å². The third-order valence-electron chi connectivity index (χ3n) is 5.26. The second-order valence-corrected chi connectivity index (χ2v) is 7.10. The Morgan fingerprint density at radius 3 is 2.57 bits per heavy atom. The van der Waals surface area contributed by atoms with Crippen LogP contribution in [-0.2, 0) is 4.79 Å². The number of benzene rings is 2. The van der Waals surface area contributed by atoms with E-state index in [0.29, 0.717) is 28.5 Å². The highest BCUT2D eigenvalue weighted by atomic mass is 16.5. The predicted octanol–water partition coefficient (Wildman–Crippen LogP) is 5.03. The van der Waals surface area contributed by atoms with Gasteiger partial charge in [-0.3, -0.25) is 4.79 Å². The van der Waals surface area contributed by atoms with Gasteiger partial charge in [-0.15, -0.1) is 0 Å². The Kier molecular flexibility index (Phi) is 5.19. The van der Waals surface area contributed by atoms with Gasteiger partial charge < -0.3 is 19.2 Å². The summed E-state index contributed by atoms with van der Waals surface area (Å²) in [7, 11) is 3.19. The maximum atomic E-state index is 12.5. The van der Waals surface area contributed by atoms with Crippen molar-refractivity contribution in [2.45, 2.75) is 32.1 Å². The Morgan fingerprint density at radius 1 is 1.04 bits per heavy atom. The van der Waals surface area contributed by atoms with Gasteiger partial charge >= 0.3 is 0 Å². The van der Waals surface area contributed by atoms with Crippen molar-refractivity contribution < 1.29 is 18.7 Å². The molecular weight excluding hydrogens is 356 g/mol. The van der Waals surface area contributed by atoms with E-state index in [-0.39, 0.29) is 11.8 Å². The van der Waals surface area contributed by atoms with Crippen LogP contribution in [0.15, 0.2) is 40.8 Å². The van der Waals surface area contributed by atoms with Gasteiger partial charge in [0, 0.05) is 17.2 Å². The summed E-state index contributed by atoms with van der Waals surface area (Å²) in [6.07, 6.45) is 5.45. The van der Waals surface area contributed by atoms with Crippen molar-refractivity contribution in [2.24, 2.45) is 5.92 Å². The zero-order valence-electron chi connectivity index (χ0n) is 16.2. The molecule has 0 unspecified atom stereocenters. The summed E-state index contributed by atoms with van der Waals surface area (Å²) >= 11 is 0. The topological polar surface area (TPSA) is 73.6 Å². The molecule has 28 heavy (non-hydrogen) atoms. The molecule has 0 spiro atoms. The molecule has 1 aliphatic carbocycles. The van der Waals surface area contributed by atoms with Crippen molar-refractivity contribution in [1.29, 1.82) is 0 Å². The zero-order chi connectivity index (χ0) is 19.5. The molecule has 0 atom stereocenters. The fourth-order valence-corrected chi connectivity index (χ4v) is 3.71. The monoisotopic (exact) mass is 380 g/mol. The Balaban J connectivity index is 1.57. The maximum absolute atomic E-state index is 12.5. The lowest BCUT2D eigenvalue weighted by Crippen LogP contribution is -2.24. The van der Waals surface area contributed by atoms with Crippen LogP contribution in [0.5, 0.6) is 11.5 Å². The molecular formula is C22H24N2O4. The summed E-state index contributed by atoms with van der Waals surface area (Å²) < 4.78 is 16.5. The second-order valence-electron chi connectivity index (χ2n) is 7.10. The fraction of sp³-hybridized carbons (Fsp3) is 0.364. The number of hydrogen-bond donors (Lipinski definition) is 1. The highest BCUT2D eigenvalue weighted by Crippen LogP contribution is 2.34. The van der Waals surface area contributed by atoms with E-state index in [1.807, 2.05) is 36.4 Å². The molecule has 3 aromatic rings. The van der Waals surface area contributed by atoms with Crippen molar-refractivity contribution in [3.63, 3.8) is 0 Å². The minimum atomic E-state index is 0.0997. The smallest absolute Gasteiger partial charge is 0.227 e. The summed E-state index contributed by atoms with van der Waals surface area (Å²) in [5.41, 5.74) is 2.91. The normalized spacial score (nSPS) is 14.8. The van der Waals surface area contributed by atoms with Gasteiger partial charge in [0.05, 0.1) is 14.2 Å². The highest BCUT2D eigenvalue weighted by Gasteiger charge is 2.21. The molecule has 0 aliphatic heterocycles. The zero-order valence-corrected chi connectivity index (χ0v) is 16.2. The van der Waals surface area contributed by atoms with Crippen LogP contribution in [0.4, 0.5) is 5.69 Å². The van der Waals surface area contributed by atoms with Crippen LogP contribution in [0.3, 0.4) is 0 Å². The number of methoxy groups -OCH3 is 2. The number of fused-ring (bicyclic) bond motifs is 1. The first kappa shape index (κ1) is 18.3. The van der Waals surface area contributed by atoms with Gasteiger partial charge in [-0.25, -0.2) is 4.98 Å². The number of amides is 1. The molecule has 0 radical (unpaired) electrons. The van der Waals surface area contributed by atoms with E-state index in [4.69, 9.17) is 13.9 Å². The average molecular weight is 380 g/mol. The molecule has 146 valence electrons. The van der Waals surface area contributed by atoms with Crippen molar-refractivity contribution in [2.75, 3.05) is 19.5 Å². The number of carbonyl (C=O) groups excluding carboxylic acids is 1. The number of ether oxygens (including phenoxy) is 2. The van der Waals surface area contributed by atoms with Crippen molar-refractivity contribution in [1.82, 2.24) is 4.98 Å². The number of carbonyl (C=O) groups is 1. The Hall–Kier alpha value is -3.02. The number of nitrogens with one attached hydrogen (secondary N) is 1. The predicted molar refractivity (Wildman–Crippen MR) is 108 cm³/mol. The minimum absolute atomic E-state index is 0.0997. The van der Waals surface area contributed by atoms with E-state index in [2.05, 4.69) is 10.3 Å². The molecule has 1 aliphatic rings. The van der Waals surface area contributed by atoms with Crippen LogP contribution in [0.25, 0.3) is 22.6 Å². The van der Waals surface area contributed by atoms with Crippen LogP contribution >= 0.6 is 0 Å². The minimum Gasteiger partial charge on any atom is -0.493 e. The lowest BCUT2D eigenvalue weighted by Gasteiger charge is -2.20. The third kappa shape index (κ3) is 3.67. The third-order valence-corrected chi connectivity index (χ3v) is 5.26. The molecule has 1 fully saturated rings. The van der Waals surface area contributed by atoms with E-state index in [9.17, 15) is 4.79 Å². The first-order valence-electron chi connectivity index (χ1n) is 9.62. The van der Waals surface area contributed by atoms with Crippen LogP contribution in [-0.4, -0.2) is 25.1 Å². The number of aromatic nitrogens is 1. The van der Waals surface area contributed by atoms with Gasteiger partial charge in [0.15, 0.2) is 17.1 Å². The van der Waals surface area contributed by atoms with E-state index in [1.165, 1.54) is 6.42 Å². The largest absolute Gasteiger partial charge is 0.493 e. The molecule has 2 aromatic carbocycles. The molecule has 0 bridgehead atoms. The van der Waals surface area contributed by atoms with Gasteiger partial charge in [0.2, 0.25) is 11.8 Å².